The summed E-state index contributed by atoms with van der Waals surface area (Å²) >= 11 is 25.0. The predicted molar refractivity (Wildman–Crippen MR) is 130 cm³/mol. The van der Waals surface area contributed by atoms with Crippen LogP contribution in [0.5, 0.6) is 0 Å². The molecule has 1 aliphatic rings. The minimum absolute atomic E-state index is 0.0143. The maximum Gasteiger partial charge on any atom is 0.337 e. The molecule has 0 bridgehead atoms. The molecule has 12 heteroatoms. The molecule has 1 N–H and O–H groups in total. The van der Waals surface area contributed by atoms with Gasteiger partial charge in [-0.1, -0.05) is 67.2 Å². The van der Waals surface area contributed by atoms with E-state index in [9.17, 15) is 14.0 Å². The van der Waals surface area contributed by atoms with Crippen molar-refractivity contribution in [3.63, 3.8) is 0 Å². The summed E-state index contributed by atoms with van der Waals surface area (Å²) in [6, 6.07) is 9.69. The fourth-order valence-corrected chi connectivity index (χ4v) is 3.59. The number of imide groups is 1. The van der Waals surface area contributed by atoms with Crippen LogP contribution < -0.4 is 10.2 Å². The number of aliphatic imine (C=N–C) groups is 1. The predicted octanol–water partition coefficient (Wildman–Crippen LogP) is 6.09. The number of likely N-dealkylation sites (N-methyl/N-ethyl adjacent to an activating group) is 1. The Kier molecular flexibility index (Phi) is 7.53. The molecule has 1 saturated heterocycles. The van der Waals surface area contributed by atoms with E-state index in [0.717, 1.165) is 9.80 Å². The number of nitrogens with zero attached hydrogens (tertiary/aromatic N) is 3. The second-order valence-electron chi connectivity index (χ2n) is 6.46. The molecule has 1 atom stereocenters. The average Bonchev–Trinajstić information content (AvgIpc) is 2.94. The molecule has 1 heterocycles. The molecule has 0 radical (unpaired) electrons. The van der Waals surface area contributed by atoms with Gasteiger partial charge in [-0.2, -0.15) is 0 Å². The Labute approximate surface area is 209 Å². The van der Waals surface area contributed by atoms with Crippen LogP contribution in [0.3, 0.4) is 0 Å². The van der Waals surface area contributed by atoms with E-state index >= 15 is 0 Å². The third-order valence-electron chi connectivity index (χ3n) is 4.33. The van der Waals surface area contributed by atoms with Crippen LogP contribution in [0.25, 0.3) is 0 Å². The van der Waals surface area contributed by atoms with Crippen molar-refractivity contribution in [3.8, 4) is 0 Å². The van der Waals surface area contributed by atoms with Gasteiger partial charge >= 0.3 is 6.03 Å². The molecule has 0 spiro atoms. The number of nitrogens with one attached hydrogen (secondary N) is 1. The first kappa shape index (κ1) is 24.3. The Hall–Kier alpha value is -1.39. The van der Waals surface area contributed by atoms with Gasteiger partial charge in [0.2, 0.25) is 5.84 Å². The largest absolute Gasteiger partial charge is 0.362 e. The molecule has 1 aliphatic heterocycles. The van der Waals surface area contributed by atoms with Crippen LogP contribution in [-0.4, -0.2) is 45.0 Å². The van der Waals surface area contributed by atoms with Crippen molar-refractivity contribution in [3.05, 3.63) is 58.3 Å². The highest BCUT2D eigenvalue weighted by Gasteiger charge is 2.44. The van der Waals surface area contributed by atoms with E-state index in [1.807, 2.05) is 0 Å². The molecule has 31 heavy (non-hydrogen) atoms. The molecule has 6 nitrogen and oxygen atoms in total. The fraction of sp³-hybridized carbons (Fsp3) is 0.211. The van der Waals surface area contributed by atoms with Crippen molar-refractivity contribution in [1.29, 1.82) is 0 Å². The first-order valence-corrected chi connectivity index (χ1v) is 11.5. The van der Waals surface area contributed by atoms with Gasteiger partial charge in [-0.25, -0.2) is 19.1 Å². The zero-order valence-electron chi connectivity index (χ0n) is 15.8. The summed E-state index contributed by atoms with van der Waals surface area (Å²) < 4.78 is 13.4. The number of urea groups is 1. The van der Waals surface area contributed by atoms with E-state index in [-0.39, 0.29) is 17.4 Å². The number of para-hydroxylation sites is 1. The highest BCUT2D eigenvalue weighted by atomic mass is 79.9. The molecule has 0 saturated carbocycles. The highest BCUT2D eigenvalue weighted by Crippen LogP contribution is 2.36. The van der Waals surface area contributed by atoms with Crippen molar-refractivity contribution >= 4 is 95.8 Å². The van der Waals surface area contributed by atoms with Gasteiger partial charge in [0.15, 0.2) is 0 Å². The number of rotatable bonds is 6. The molecule has 1 fully saturated rings. The zero-order chi connectivity index (χ0) is 22.9. The Morgan fingerprint density at radius 1 is 1.16 bits per heavy atom. The van der Waals surface area contributed by atoms with Crippen molar-refractivity contribution in [2.24, 2.45) is 4.99 Å². The van der Waals surface area contributed by atoms with Gasteiger partial charge < -0.3 is 5.32 Å². The number of hydrogen-bond donors (Lipinski definition) is 1. The summed E-state index contributed by atoms with van der Waals surface area (Å²) in [5.41, 5.74) is 0.428. The smallest absolute Gasteiger partial charge is 0.337 e. The number of benzene rings is 2. The van der Waals surface area contributed by atoms with Crippen LogP contribution in [-0.2, 0) is 4.79 Å². The van der Waals surface area contributed by atoms with Gasteiger partial charge in [-0.15, -0.1) is 11.6 Å². The van der Waals surface area contributed by atoms with E-state index < -0.39 is 27.2 Å². The van der Waals surface area contributed by atoms with Gasteiger partial charge in [0.25, 0.3) is 5.91 Å². The number of carbonyl (C=O) groups excluding carboxylic acids is 2. The van der Waals surface area contributed by atoms with Crippen molar-refractivity contribution in [2.45, 2.75) is 9.40 Å². The first-order chi connectivity index (χ1) is 14.6. The molecule has 3 rings (SSSR count). The third-order valence-corrected chi connectivity index (χ3v) is 7.57. The van der Waals surface area contributed by atoms with E-state index in [2.05, 4.69) is 42.2 Å². The van der Waals surface area contributed by atoms with Gasteiger partial charge in [0.05, 0.1) is 21.6 Å². The zero-order valence-corrected chi connectivity index (χ0v) is 21.2. The molecule has 164 valence electrons. The Morgan fingerprint density at radius 2 is 1.84 bits per heavy atom. The number of amidine groups is 1. The Morgan fingerprint density at radius 3 is 2.45 bits per heavy atom. The third kappa shape index (κ3) is 5.01. The van der Waals surface area contributed by atoms with Crippen molar-refractivity contribution in [2.75, 3.05) is 23.1 Å². The highest BCUT2D eigenvalue weighted by molar-refractivity contribution is 9.25. The number of hydrogen-bond acceptors (Lipinski definition) is 4. The van der Waals surface area contributed by atoms with Crippen LogP contribution in [0, 0.1) is 5.82 Å². The second-order valence-corrected chi connectivity index (χ2v) is 11.4. The van der Waals surface area contributed by atoms with E-state index in [1.165, 1.54) is 25.2 Å². The standard InChI is InChI=1S/C19H14Br2Cl3FN4O2/c1-28-16(30)15(29(18(28)31)14-5-3-2-4-13(14)25)27-17(19(20,21)9-22)26-10-6-7-11(23)12(24)8-10/h2-8,17,26H,9H2,1H3. The second kappa shape index (κ2) is 9.62. The molecular formula is C19H14Br2Cl3FN4O2. The average molecular weight is 616 g/mol. The van der Waals surface area contributed by atoms with E-state index in [4.69, 9.17) is 34.8 Å². The molecule has 0 aromatic heterocycles. The van der Waals surface area contributed by atoms with Crippen molar-refractivity contribution in [1.82, 2.24) is 4.90 Å². The molecule has 2 aromatic carbocycles. The van der Waals surface area contributed by atoms with E-state index in [1.54, 1.807) is 24.3 Å². The van der Waals surface area contributed by atoms with Gasteiger partial charge in [-0.05, 0) is 30.3 Å². The Balaban J connectivity index is 2.09. The van der Waals surface area contributed by atoms with Gasteiger partial charge in [-0.3, -0.25) is 9.69 Å². The summed E-state index contributed by atoms with van der Waals surface area (Å²) in [5, 5.41) is 3.76. The van der Waals surface area contributed by atoms with Crippen LogP contribution in [0.15, 0.2) is 47.5 Å². The van der Waals surface area contributed by atoms with Crippen LogP contribution in [0.1, 0.15) is 0 Å². The summed E-state index contributed by atoms with van der Waals surface area (Å²) in [6.07, 6.45) is -0.922. The molecule has 2 aromatic rings. The summed E-state index contributed by atoms with van der Waals surface area (Å²) in [6.45, 7) is 0. The van der Waals surface area contributed by atoms with E-state index in [0.29, 0.717) is 15.7 Å². The van der Waals surface area contributed by atoms with Crippen molar-refractivity contribution < 1.29 is 14.0 Å². The molecule has 0 aliphatic carbocycles. The maximum absolute atomic E-state index is 14.4. The molecule has 3 amide bonds. The fourth-order valence-electron chi connectivity index (χ4n) is 2.71. The maximum atomic E-state index is 14.4. The van der Waals surface area contributed by atoms with Crippen LogP contribution >= 0.6 is 66.7 Å². The summed E-state index contributed by atoms with van der Waals surface area (Å²) in [5.74, 6) is -1.63. The van der Waals surface area contributed by atoms with Gasteiger partial charge in [0.1, 0.15) is 15.2 Å². The number of halogens is 6. The van der Waals surface area contributed by atoms with Gasteiger partial charge in [0, 0.05) is 12.7 Å². The number of carbonyl (C=O) groups is 2. The number of alkyl halides is 3. The molecule has 1 unspecified atom stereocenters. The number of amides is 3. The normalized spacial score (nSPS) is 16.9. The lowest BCUT2D eigenvalue weighted by atomic mass is 10.2. The monoisotopic (exact) mass is 612 g/mol. The minimum Gasteiger partial charge on any atom is -0.362 e. The topological polar surface area (TPSA) is 65.0 Å². The summed E-state index contributed by atoms with van der Waals surface area (Å²) in [7, 11) is 1.29. The number of anilines is 2. The van der Waals surface area contributed by atoms with Crippen LogP contribution in [0.2, 0.25) is 10.0 Å². The molecular weight excluding hydrogens is 601 g/mol. The first-order valence-electron chi connectivity index (χ1n) is 8.66. The lowest BCUT2D eigenvalue weighted by Crippen LogP contribution is -2.41. The Bertz CT molecular complexity index is 1070. The summed E-state index contributed by atoms with van der Waals surface area (Å²) in [4.78, 5) is 31.7. The lowest BCUT2D eigenvalue weighted by Gasteiger charge is -2.28. The van der Waals surface area contributed by atoms with Crippen LogP contribution in [0.4, 0.5) is 20.6 Å². The minimum atomic E-state index is -1.04. The quantitative estimate of drug-likeness (QED) is 0.316. The SMILES string of the molecule is CN1C(=O)C(=NC(Nc2ccc(Cl)c(Cl)c2)C(Br)(Br)CCl)N(c2ccccc2F)C1=O. The lowest BCUT2D eigenvalue weighted by molar-refractivity contribution is -0.119.